The van der Waals surface area contributed by atoms with Gasteiger partial charge in [0.1, 0.15) is 11.9 Å². The van der Waals surface area contributed by atoms with Crippen LogP contribution in [0.1, 0.15) is 17.2 Å². The van der Waals surface area contributed by atoms with Gasteiger partial charge in [-0.15, -0.1) is 0 Å². The lowest BCUT2D eigenvalue weighted by molar-refractivity contribution is 0.216. The first-order chi connectivity index (χ1) is 8.90. The predicted octanol–water partition coefficient (Wildman–Crippen LogP) is 5.09. The molecule has 0 saturated heterocycles. The molecule has 0 aliphatic rings. The molecule has 1 atom stereocenters. The highest BCUT2D eigenvalue weighted by Gasteiger charge is 2.21. The lowest BCUT2D eigenvalue weighted by atomic mass is 10.0. The van der Waals surface area contributed by atoms with Gasteiger partial charge in [-0.1, -0.05) is 52.5 Å². The smallest absolute Gasteiger partial charge is 0.124 e. The minimum atomic E-state index is -1.17. The molecule has 1 unspecified atom stereocenters. The summed E-state index contributed by atoms with van der Waals surface area (Å²) in [5.41, 5.74) is 0.542. The van der Waals surface area contributed by atoms with Crippen LogP contribution in [0.25, 0.3) is 0 Å². The van der Waals surface area contributed by atoms with Crippen LogP contribution in [-0.4, -0.2) is 10.2 Å². The summed E-state index contributed by atoms with van der Waals surface area (Å²) in [4.78, 5) is 0. The molecule has 0 amide bonds. The lowest BCUT2D eigenvalue weighted by Crippen LogP contribution is -2.02. The van der Waals surface area contributed by atoms with Crippen molar-refractivity contribution in [1.29, 1.82) is 0 Å². The Morgan fingerprint density at radius 3 is 2.05 bits per heavy atom. The monoisotopic (exact) mass is 336 g/mol. The van der Waals surface area contributed by atoms with Gasteiger partial charge in [0.15, 0.2) is 0 Å². The number of benzene rings is 2. The van der Waals surface area contributed by atoms with Gasteiger partial charge in [0, 0.05) is 26.2 Å². The first-order valence-electron chi connectivity index (χ1n) is 5.21. The zero-order valence-electron chi connectivity index (χ0n) is 9.37. The Morgan fingerprint density at radius 1 is 0.842 bits per heavy atom. The molecule has 0 radical (unpaired) electrons. The van der Waals surface area contributed by atoms with Crippen molar-refractivity contribution in [3.05, 3.63) is 61.5 Å². The highest BCUT2D eigenvalue weighted by Crippen LogP contribution is 2.39. The van der Waals surface area contributed by atoms with Crippen molar-refractivity contribution in [2.45, 2.75) is 6.10 Å². The van der Waals surface area contributed by atoms with Crippen molar-refractivity contribution in [3.8, 4) is 5.75 Å². The maximum atomic E-state index is 10.3. The molecule has 2 aromatic carbocycles. The molecule has 0 bridgehead atoms. The van der Waals surface area contributed by atoms with E-state index in [1.54, 1.807) is 12.1 Å². The molecule has 100 valence electrons. The fraction of sp³-hybridized carbons (Fsp3) is 0.0769. The molecule has 0 aromatic heterocycles. The third kappa shape index (κ3) is 3.10. The Labute approximate surface area is 130 Å². The lowest BCUT2D eigenvalue weighted by Gasteiger charge is -2.16. The molecule has 0 aliphatic heterocycles. The molecule has 19 heavy (non-hydrogen) atoms. The fourth-order valence-electron chi connectivity index (χ4n) is 1.72. The number of rotatable bonds is 2. The quantitative estimate of drug-likeness (QED) is 0.801. The second-order valence-corrected chi connectivity index (χ2v) is 5.58. The van der Waals surface area contributed by atoms with Crippen LogP contribution in [0.15, 0.2) is 30.3 Å². The van der Waals surface area contributed by atoms with Crippen LogP contribution >= 0.6 is 46.4 Å². The molecule has 0 aliphatic carbocycles. The van der Waals surface area contributed by atoms with E-state index in [0.29, 0.717) is 10.6 Å². The number of aliphatic hydroxyl groups is 1. The van der Waals surface area contributed by atoms with E-state index in [9.17, 15) is 10.2 Å². The molecule has 0 spiro atoms. The first-order valence-corrected chi connectivity index (χ1v) is 6.72. The zero-order chi connectivity index (χ0) is 14.2. The topological polar surface area (TPSA) is 40.5 Å². The van der Waals surface area contributed by atoms with Crippen LogP contribution in [-0.2, 0) is 0 Å². The number of hydrogen-bond donors (Lipinski definition) is 2. The molecule has 2 N–H and O–H groups in total. The Hall–Kier alpha value is -0.640. The van der Waals surface area contributed by atoms with Crippen molar-refractivity contribution in [3.63, 3.8) is 0 Å². The molecule has 0 heterocycles. The van der Waals surface area contributed by atoms with Crippen molar-refractivity contribution in [2.75, 3.05) is 0 Å². The number of phenolic OH excluding ortho intramolecular Hbond substituents is 1. The molecule has 2 aromatic rings. The van der Waals surface area contributed by atoms with Crippen molar-refractivity contribution in [2.24, 2.45) is 0 Å². The van der Waals surface area contributed by atoms with Crippen molar-refractivity contribution in [1.82, 2.24) is 0 Å². The van der Waals surface area contributed by atoms with E-state index in [4.69, 9.17) is 46.4 Å². The second kappa shape index (κ2) is 5.78. The van der Waals surface area contributed by atoms with Crippen LogP contribution in [0.4, 0.5) is 0 Å². The summed E-state index contributed by atoms with van der Waals surface area (Å²) in [6.07, 6.45) is -1.17. The maximum Gasteiger partial charge on any atom is 0.124 e. The van der Waals surface area contributed by atoms with Crippen LogP contribution in [0.3, 0.4) is 0 Å². The van der Waals surface area contributed by atoms with Gasteiger partial charge >= 0.3 is 0 Å². The van der Waals surface area contributed by atoms with E-state index >= 15 is 0 Å². The standard InChI is InChI=1S/C13H8Cl4O2/c14-6-1-2-8(9(16)3-6)13(19)12-10(17)4-7(15)5-11(12)18/h1-5,13,18-19H. The van der Waals surface area contributed by atoms with E-state index in [1.807, 2.05) is 0 Å². The molecular weight excluding hydrogens is 330 g/mol. The third-order valence-electron chi connectivity index (χ3n) is 2.60. The third-order valence-corrected chi connectivity index (χ3v) is 3.70. The van der Waals surface area contributed by atoms with Gasteiger partial charge in [0.2, 0.25) is 0 Å². The predicted molar refractivity (Wildman–Crippen MR) is 78.7 cm³/mol. The minimum absolute atomic E-state index is 0.148. The van der Waals surface area contributed by atoms with E-state index in [-0.39, 0.29) is 26.4 Å². The largest absolute Gasteiger partial charge is 0.507 e. The van der Waals surface area contributed by atoms with E-state index < -0.39 is 6.10 Å². The first kappa shape index (κ1) is 14.8. The van der Waals surface area contributed by atoms with E-state index in [2.05, 4.69) is 0 Å². The molecular formula is C13H8Cl4O2. The summed E-state index contributed by atoms with van der Waals surface area (Å²) >= 11 is 23.6. The van der Waals surface area contributed by atoms with Crippen LogP contribution in [0, 0.1) is 0 Å². The number of hydrogen-bond acceptors (Lipinski definition) is 2. The van der Waals surface area contributed by atoms with E-state index in [1.165, 1.54) is 18.2 Å². The van der Waals surface area contributed by atoms with Gasteiger partial charge in [-0.05, 0) is 24.3 Å². The zero-order valence-corrected chi connectivity index (χ0v) is 12.4. The maximum absolute atomic E-state index is 10.3. The number of aromatic hydroxyl groups is 1. The van der Waals surface area contributed by atoms with Crippen molar-refractivity contribution >= 4 is 46.4 Å². The molecule has 0 saturated carbocycles. The highest BCUT2D eigenvalue weighted by atomic mass is 35.5. The summed E-state index contributed by atoms with van der Waals surface area (Å²) in [6, 6.07) is 7.40. The second-order valence-electron chi connectivity index (χ2n) is 3.89. The summed E-state index contributed by atoms with van der Waals surface area (Å²) in [5.74, 6) is -0.198. The average molecular weight is 338 g/mol. The van der Waals surface area contributed by atoms with Gasteiger partial charge in [-0.3, -0.25) is 0 Å². The Bertz CT molecular complexity index is 605. The van der Waals surface area contributed by atoms with Crippen molar-refractivity contribution < 1.29 is 10.2 Å². The number of aliphatic hydroxyl groups excluding tert-OH is 1. The number of phenols is 1. The van der Waals surface area contributed by atoms with Gasteiger partial charge in [-0.25, -0.2) is 0 Å². The van der Waals surface area contributed by atoms with Crippen LogP contribution in [0.2, 0.25) is 20.1 Å². The van der Waals surface area contributed by atoms with Gasteiger partial charge < -0.3 is 10.2 Å². The van der Waals surface area contributed by atoms with Gasteiger partial charge in [-0.2, -0.15) is 0 Å². The summed E-state index contributed by atoms with van der Waals surface area (Å²) < 4.78 is 0. The summed E-state index contributed by atoms with van der Waals surface area (Å²) in [7, 11) is 0. The molecule has 0 fully saturated rings. The molecule has 2 nitrogen and oxygen atoms in total. The Kier molecular flexibility index (Phi) is 4.49. The summed E-state index contributed by atoms with van der Waals surface area (Å²) in [5, 5.41) is 21.3. The normalized spacial score (nSPS) is 12.5. The highest BCUT2D eigenvalue weighted by molar-refractivity contribution is 6.36. The minimum Gasteiger partial charge on any atom is -0.507 e. The fourth-order valence-corrected chi connectivity index (χ4v) is 2.82. The van der Waals surface area contributed by atoms with Crippen LogP contribution in [0.5, 0.6) is 5.75 Å². The van der Waals surface area contributed by atoms with Crippen LogP contribution < -0.4 is 0 Å². The van der Waals surface area contributed by atoms with Gasteiger partial charge in [0.05, 0.1) is 5.02 Å². The average Bonchev–Trinajstić information content (AvgIpc) is 2.26. The number of halogens is 4. The molecule has 6 heteroatoms. The molecule has 2 rings (SSSR count). The van der Waals surface area contributed by atoms with E-state index in [0.717, 1.165) is 0 Å². The SMILES string of the molecule is Oc1cc(Cl)cc(Cl)c1C(O)c1ccc(Cl)cc1Cl. The Balaban J connectivity index is 2.53. The summed E-state index contributed by atoms with van der Waals surface area (Å²) in [6.45, 7) is 0. The Morgan fingerprint density at radius 2 is 1.47 bits per heavy atom. The van der Waals surface area contributed by atoms with Gasteiger partial charge in [0.25, 0.3) is 0 Å².